The normalized spacial score (nSPS) is 17.4. The summed E-state index contributed by atoms with van der Waals surface area (Å²) in [7, 11) is 1.83. The molecule has 2 aromatic carbocycles. The maximum absolute atomic E-state index is 14.2. The van der Waals surface area contributed by atoms with Crippen molar-refractivity contribution in [1.29, 1.82) is 0 Å². The Kier molecular flexibility index (Phi) is 5.17. The molecule has 7 heteroatoms. The minimum absolute atomic E-state index is 0.0180. The predicted octanol–water partition coefficient (Wildman–Crippen LogP) is 5.22. The largest absolute Gasteiger partial charge is 0.494 e. The second-order valence-electron chi connectivity index (χ2n) is 7.87. The van der Waals surface area contributed by atoms with E-state index in [4.69, 9.17) is 4.74 Å². The molecule has 0 spiro atoms. The van der Waals surface area contributed by atoms with Gasteiger partial charge >= 0.3 is 6.18 Å². The van der Waals surface area contributed by atoms with Gasteiger partial charge in [0.25, 0.3) is 0 Å². The average Bonchev–Trinajstić information content (AvgIpc) is 3.25. The summed E-state index contributed by atoms with van der Waals surface area (Å²) in [6.07, 6.45) is -0.525. The van der Waals surface area contributed by atoms with Crippen molar-refractivity contribution in [2.75, 3.05) is 6.61 Å². The molecule has 0 fully saturated rings. The molecule has 1 aliphatic carbocycles. The summed E-state index contributed by atoms with van der Waals surface area (Å²) in [6, 6.07) is 10.8. The Labute approximate surface area is 177 Å². The van der Waals surface area contributed by atoms with E-state index in [1.54, 1.807) is 29.0 Å². The molecular weight excluding hydrogens is 407 g/mol. The van der Waals surface area contributed by atoms with Crippen molar-refractivity contribution in [1.82, 2.24) is 4.57 Å². The zero-order valence-electron chi connectivity index (χ0n) is 17.2. The van der Waals surface area contributed by atoms with Crippen LogP contribution in [0.2, 0.25) is 0 Å². The van der Waals surface area contributed by atoms with E-state index < -0.39 is 11.8 Å². The second kappa shape index (κ2) is 7.57. The number of ketones is 1. The molecule has 162 valence electrons. The highest BCUT2D eigenvalue weighted by Crippen LogP contribution is 2.58. The molecule has 1 unspecified atom stereocenters. The SMILES string of the molecule is CC(=O)CCCOc1cc(-c2ccn(C)c2)c2c(c1)C(O)(C(F)(F)F)c1ccccc1-2. The third-order valence-electron chi connectivity index (χ3n) is 5.58. The van der Waals surface area contributed by atoms with Crippen LogP contribution in [0.5, 0.6) is 5.75 Å². The fraction of sp³-hybridized carbons (Fsp3) is 0.292. The molecule has 31 heavy (non-hydrogen) atoms. The third-order valence-corrected chi connectivity index (χ3v) is 5.58. The Hall–Kier alpha value is -3.06. The Morgan fingerprint density at radius 3 is 2.52 bits per heavy atom. The van der Waals surface area contributed by atoms with Crippen LogP contribution in [0.25, 0.3) is 22.3 Å². The van der Waals surface area contributed by atoms with Gasteiger partial charge in [-0.05, 0) is 48.2 Å². The molecule has 0 saturated carbocycles. The molecule has 1 N–H and O–H groups in total. The van der Waals surface area contributed by atoms with Gasteiger partial charge in [0.05, 0.1) is 6.61 Å². The van der Waals surface area contributed by atoms with E-state index in [1.807, 2.05) is 19.3 Å². The van der Waals surface area contributed by atoms with Gasteiger partial charge < -0.3 is 19.2 Å². The first-order valence-corrected chi connectivity index (χ1v) is 9.95. The first-order chi connectivity index (χ1) is 14.6. The Balaban J connectivity index is 1.91. The van der Waals surface area contributed by atoms with Crippen molar-refractivity contribution in [3.8, 4) is 28.0 Å². The lowest BCUT2D eigenvalue weighted by Gasteiger charge is -2.28. The minimum atomic E-state index is -4.92. The lowest BCUT2D eigenvalue weighted by molar-refractivity contribution is -0.246. The molecular formula is C24H22F3NO3. The number of rotatable bonds is 6. The molecule has 0 saturated heterocycles. The molecule has 1 heterocycles. The molecule has 0 aliphatic heterocycles. The van der Waals surface area contributed by atoms with Gasteiger partial charge in [0.15, 0.2) is 0 Å². The van der Waals surface area contributed by atoms with E-state index in [2.05, 4.69) is 0 Å². The highest BCUT2D eigenvalue weighted by Gasteiger charge is 2.61. The van der Waals surface area contributed by atoms with Crippen molar-refractivity contribution in [2.45, 2.75) is 31.5 Å². The summed E-state index contributed by atoms with van der Waals surface area (Å²) in [5.74, 6) is 0.237. The van der Waals surface area contributed by atoms with Gasteiger partial charge in [-0.25, -0.2) is 0 Å². The van der Waals surface area contributed by atoms with E-state index in [1.165, 1.54) is 25.1 Å². The van der Waals surface area contributed by atoms with Gasteiger partial charge in [-0.15, -0.1) is 0 Å². The van der Waals surface area contributed by atoms with Gasteiger partial charge in [-0.3, -0.25) is 0 Å². The van der Waals surface area contributed by atoms with E-state index in [9.17, 15) is 23.1 Å². The Morgan fingerprint density at radius 1 is 1.13 bits per heavy atom. The van der Waals surface area contributed by atoms with Crippen LogP contribution in [0, 0.1) is 0 Å². The molecule has 4 nitrogen and oxygen atoms in total. The Bertz CT molecular complexity index is 1150. The van der Waals surface area contributed by atoms with Gasteiger partial charge in [-0.2, -0.15) is 13.2 Å². The highest BCUT2D eigenvalue weighted by molar-refractivity contribution is 5.93. The van der Waals surface area contributed by atoms with Crippen LogP contribution >= 0.6 is 0 Å². The van der Waals surface area contributed by atoms with Crippen LogP contribution in [0.15, 0.2) is 54.9 Å². The van der Waals surface area contributed by atoms with Gasteiger partial charge in [0.1, 0.15) is 11.5 Å². The fourth-order valence-electron chi connectivity index (χ4n) is 4.14. The topological polar surface area (TPSA) is 51.5 Å². The van der Waals surface area contributed by atoms with Gasteiger partial charge in [-0.1, -0.05) is 24.3 Å². The number of Topliss-reactive ketones (excluding diaryl/α,β-unsaturated/α-hetero) is 1. The maximum Gasteiger partial charge on any atom is 0.425 e. The molecule has 1 aliphatic rings. The molecule has 4 rings (SSSR count). The van der Waals surface area contributed by atoms with Crippen LogP contribution in [-0.2, 0) is 17.4 Å². The lowest BCUT2D eigenvalue weighted by atomic mass is 9.89. The summed E-state index contributed by atoms with van der Waals surface area (Å²) in [5.41, 5.74) is -1.62. The number of fused-ring (bicyclic) bond motifs is 3. The number of aliphatic hydroxyl groups is 1. The van der Waals surface area contributed by atoms with E-state index >= 15 is 0 Å². The number of halogens is 3. The van der Waals surface area contributed by atoms with Crippen molar-refractivity contribution < 1.29 is 27.8 Å². The first-order valence-electron chi connectivity index (χ1n) is 9.95. The number of alkyl halides is 3. The van der Waals surface area contributed by atoms with Crippen LogP contribution in [0.3, 0.4) is 0 Å². The maximum atomic E-state index is 14.2. The Morgan fingerprint density at radius 2 is 1.87 bits per heavy atom. The van der Waals surface area contributed by atoms with Gasteiger partial charge in [0, 0.05) is 42.6 Å². The number of aromatic nitrogens is 1. The second-order valence-corrected chi connectivity index (χ2v) is 7.87. The van der Waals surface area contributed by atoms with Crippen LogP contribution in [-0.4, -0.2) is 28.2 Å². The number of aryl methyl sites for hydroxylation is 1. The van der Waals surface area contributed by atoms with Crippen molar-refractivity contribution in [3.63, 3.8) is 0 Å². The first kappa shape index (κ1) is 21.2. The number of nitrogens with zero attached hydrogens (tertiary/aromatic N) is 1. The molecule has 1 aromatic heterocycles. The molecule has 0 amide bonds. The number of hydrogen-bond donors (Lipinski definition) is 1. The van der Waals surface area contributed by atoms with Crippen LogP contribution < -0.4 is 4.74 Å². The van der Waals surface area contributed by atoms with Crippen LogP contribution in [0.4, 0.5) is 13.2 Å². The van der Waals surface area contributed by atoms with E-state index in [0.717, 1.165) is 0 Å². The van der Waals surface area contributed by atoms with Crippen molar-refractivity contribution >= 4 is 5.78 Å². The van der Waals surface area contributed by atoms with E-state index in [0.29, 0.717) is 35.1 Å². The molecule has 0 bridgehead atoms. The highest BCUT2D eigenvalue weighted by atomic mass is 19.4. The molecule has 0 radical (unpaired) electrons. The number of hydrogen-bond acceptors (Lipinski definition) is 3. The monoisotopic (exact) mass is 429 g/mol. The standard InChI is InChI=1S/C24H22F3NO3/c1-15(29)6-5-11-31-17-12-19(16-9-10-28(2)14-16)22-18-7-3-4-8-20(18)23(30,21(22)13-17)24(25,26)27/h3-4,7-10,12-14,30H,5-6,11H2,1-2H3. The van der Waals surface area contributed by atoms with Gasteiger partial charge in [0.2, 0.25) is 5.60 Å². The smallest absolute Gasteiger partial charge is 0.425 e. The van der Waals surface area contributed by atoms with Crippen molar-refractivity contribution in [3.05, 3.63) is 66.0 Å². The predicted molar refractivity (Wildman–Crippen MR) is 111 cm³/mol. The summed E-state index contributed by atoms with van der Waals surface area (Å²) in [5, 5.41) is 11.0. The number of carbonyl (C=O) groups excluding carboxylic acids is 1. The average molecular weight is 429 g/mol. The zero-order chi connectivity index (χ0) is 22.4. The lowest BCUT2D eigenvalue weighted by Crippen LogP contribution is -2.41. The number of benzene rings is 2. The quantitative estimate of drug-likeness (QED) is 0.547. The number of carbonyl (C=O) groups is 1. The summed E-state index contributed by atoms with van der Waals surface area (Å²) >= 11 is 0. The van der Waals surface area contributed by atoms with E-state index in [-0.39, 0.29) is 29.3 Å². The summed E-state index contributed by atoms with van der Waals surface area (Å²) in [4.78, 5) is 11.2. The number of ether oxygens (including phenoxy) is 1. The summed E-state index contributed by atoms with van der Waals surface area (Å²) < 4.78 is 50.2. The molecule has 3 aromatic rings. The molecule has 1 atom stereocenters. The fourth-order valence-corrected chi connectivity index (χ4v) is 4.14. The zero-order valence-corrected chi connectivity index (χ0v) is 17.2. The van der Waals surface area contributed by atoms with Crippen LogP contribution in [0.1, 0.15) is 30.9 Å². The minimum Gasteiger partial charge on any atom is -0.494 e. The summed E-state index contributed by atoms with van der Waals surface area (Å²) in [6.45, 7) is 1.66. The third kappa shape index (κ3) is 3.53. The van der Waals surface area contributed by atoms with Crippen molar-refractivity contribution in [2.24, 2.45) is 7.05 Å².